The second-order valence-electron chi connectivity index (χ2n) is 8.72. The number of nitrogens with zero attached hydrogens (tertiary/aromatic N) is 4. The second-order valence-corrected chi connectivity index (χ2v) is 9.76. The number of aryl methyl sites for hydroxylation is 1. The van der Waals surface area contributed by atoms with E-state index in [2.05, 4.69) is 15.3 Å². The monoisotopic (exact) mass is 535 g/mol. The van der Waals surface area contributed by atoms with Crippen LogP contribution < -0.4 is 15.0 Å². The van der Waals surface area contributed by atoms with Gasteiger partial charge in [-0.05, 0) is 55.3 Å². The molecule has 0 aliphatic carbocycles. The van der Waals surface area contributed by atoms with Gasteiger partial charge in [0.05, 0.1) is 12.0 Å². The minimum absolute atomic E-state index is 0.113. The third kappa shape index (κ3) is 5.67. The van der Waals surface area contributed by atoms with E-state index in [9.17, 15) is 14.0 Å². The van der Waals surface area contributed by atoms with Crippen molar-refractivity contribution < 1.29 is 23.5 Å². The summed E-state index contributed by atoms with van der Waals surface area (Å²) in [6, 6.07) is 15.6. The number of piperazine rings is 1. The Bertz CT molecular complexity index is 1470. The standard InChI is InChI=1S/C27H26FN5O4S/c1-3-36-27(35)37-25-30-23(21-16-22(38-24(21)31-25)18-7-9-19(28)10-8-18)32-11-13-33(14-12-32)26(34)29-20-6-4-5-17(2)15-20/h4-10,15-16H,3,11-14H2,1-2H3,(H,29,34). The summed E-state index contributed by atoms with van der Waals surface area (Å²) in [5.74, 6) is 0.280. The van der Waals surface area contributed by atoms with E-state index in [4.69, 9.17) is 9.47 Å². The summed E-state index contributed by atoms with van der Waals surface area (Å²) in [7, 11) is 0. The number of carbonyl (C=O) groups excluding carboxylic acids is 2. The van der Waals surface area contributed by atoms with Gasteiger partial charge in [0.15, 0.2) is 0 Å². The fourth-order valence-electron chi connectivity index (χ4n) is 4.20. The van der Waals surface area contributed by atoms with Crippen LogP contribution in [0.15, 0.2) is 54.6 Å². The van der Waals surface area contributed by atoms with Crippen molar-refractivity contribution in [1.82, 2.24) is 14.9 Å². The number of urea groups is 1. The minimum Gasteiger partial charge on any atom is -0.434 e. The lowest BCUT2D eigenvalue weighted by molar-refractivity contribution is 0.101. The van der Waals surface area contributed by atoms with Crippen molar-refractivity contribution in [2.45, 2.75) is 13.8 Å². The van der Waals surface area contributed by atoms with Gasteiger partial charge in [-0.2, -0.15) is 9.97 Å². The molecular weight excluding hydrogens is 509 g/mol. The Morgan fingerprint density at radius 3 is 2.53 bits per heavy atom. The van der Waals surface area contributed by atoms with Crippen LogP contribution in [-0.4, -0.2) is 59.8 Å². The number of thiophene rings is 1. The average Bonchev–Trinajstić information content (AvgIpc) is 3.33. The van der Waals surface area contributed by atoms with Crippen LogP contribution in [0, 0.1) is 12.7 Å². The van der Waals surface area contributed by atoms with Crippen molar-refractivity contribution in [2.24, 2.45) is 0 Å². The van der Waals surface area contributed by atoms with Crippen molar-refractivity contribution in [3.8, 4) is 16.5 Å². The molecule has 11 heteroatoms. The smallest absolute Gasteiger partial charge is 0.434 e. The first kappa shape index (κ1) is 25.4. The molecular formula is C27H26FN5O4S. The maximum atomic E-state index is 13.5. The molecule has 9 nitrogen and oxygen atoms in total. The molecule has 2 aromatic heterocycles. The lowest BCUT2D eigenvalue weighted by Gasteiger charge is -2.35. The summed E-state index contributed by atoms with van der Waals surface area (Å²) >= 11 is 1.39. The van der Waals surface area contributed by atoms with Crippen LogP contribution in [0.2, 0.25) is 0 Å². The zero-order valence-electron chi connectivity index (χ0n) is 20.9. The molecule has 196 valence electrons. The molecule has 4 aromatic rings. The number of anilines is 2. The lowest BCUT2D eigenvalue weighted by atomic mass is 10.1. The van der Waals surface area contributed by atoms with Gasteiger partial charge in [-0.25, -0.2) is 14.0 Å². The number of amides is 2. The highest BCUT2D eigenvalue weighted by atomic mass is 32.1. The van der Waals surface area contributed by atoms with E-state index in [1.165, 1.54) is 23.5 Å². The number of hydrogen-bond donors (Lipinski definition) is 1. The third-order valence-electron chi connectivity index (χ3n) is 6.05. The molecule has 5 rings (SSSR count). The van der Waals surface area contributed by atoms with E-state index in [-0.39, 0.29) is 24.5 Å². The van der Waals surface area contributed by atoms with Crippen LogP contribution in [0.5, 0.6) is 6.01 Å². The van der Waals surface area contributed by atoms with Crippen molar-refractivity contribution in [3.05, 3.63) is 66.0 Å². The zero-order chi connectivity index (χ0) is 26.6. The molecule has 0 unspecified atom stereocenters. The van der Waals surface area contributed by atoms with Gasteiger partial charge in [0, 0.05) is 36.7 Å². The summed E-state index contributed by atoms with van der Waals surface area (Å²) in [5, 5.41) is 3.73. The molecule has 0 atom stereocenters. The van der Waals surface area contributed by atoms with Crippen LogP contribution in [0.3, 0.4) is 0 Å². The summed E-state index contributed by atoms with van der Waals surface area (Å²) in [6.45, 7) is 5.82. The van der Waals surface area contributed by atoms with Gasteiger partial charge in [-0.1, -0.05) is 24.3 Å². The number of nitrogens with one attached hydrogen (secondary N) is 1. The van der Waals surface area contributed by atoms with E-state index in [0.717, 1.165) is 27.1 Å². The summed E-state index contributed by atoms with van der Waals surface area (Å²) in [4.78, 5) is 39.0. The lowest BCUT2D eigenvalue weighted by Crippen LogP contribution is -2.50. The number of ether oxygens (including phenoxy) is 2. The SMILES string of the molecule is CCOC(=O)Oc1nc(N2CCN(C(=O)Nc3cccc(C)c3)CC2)c2cc(-c3ccc(F)cc3)sc2n1. The quantitative estimate of drug-likeness (QED) is 0.328. The highest BCUT2D eigenvalue weighted by molar-refractivity contribution is 7.21. The van der Waals surface area contributed by atoms with Crippen molar-refractivity contribution in [3.63, 3.8) is 0 Å². The topological polar surface area (TPSA) is 96.9 Å². The highest BCUT2D eigenvalue weighted by Gasteiger charge is 2.26. The Kier molecular flexibility index (Phi) is 7.36. The van der Waals surface area contributed by atoms with E-state index < -0.39 is 6.16 Å². The van der Waals surface area contributed by atoms with E-state index in [1.54, 1.807) is 24.0 Å². The predicted octanol–water partition coefficient (Wildman–Crippen LogP) is 5.70. The highest BCUT2D eigenvalue weighted by Crippen LogP contribution is 2.38. The molecule has 1 N–H and O–H groups in total. The number of fused-ring (bicyclic) bond motifs is 1. The number of hydrogen-bond acceptors (Lipinski definition) is 8. The first-order valence-electron chi connectivity index (χ1n) is 12.2. The summed E-state index contributed by atoms with van der Waals surface area (Å²) < 4.78 is 23.6. The molecule has 1 aliphatic rings. The average molecular weight is 536 g/mol. The van der Waals surface area contributed by atoms with Gasteiger partial charge in [0.25, 0.3) is 0 Å². The third-order valence-corrected chi connectivity index (χ3v) is 7.13. The number of rotatable bonds is 5. The molecule has 0 saturated carbocycles. The fraction of sp³-hybridized carbons (Fsp3) is 0.259. The molecule has 2 aromatic carbocycles. The van der Waals surface area contributed by atoms with Gasteiger partial charge >= 0.3 is 18.2 Å². The van der Waals surface area contributed by atoms with Crippen LogP contribution in [0.1, 0.15) is 12.5 Å². The number of benzene rings is 2. The van der Waals surface area contributed by atoms with Crippen molar-refractivity contribution in [2.75, 3.05) is 43.0 Å². The van der Waals surface area contributed by atoms with Gasteiger partial charge in [0.1, 0.15) is 16.5 Å². The minimum atomic E-state index is -0.884. The van der Waals surface area contributed by atoms with E-state index in [1.807, 2.05) is 42.2 Å². The largest absolute Gasteiger partial charge is 0.516 e. The Labute approximate surface area is 222 Å². The number of aromatic nitrogens is 2. The first-order chi connectivity index (χ1) is 18.4. The van der Waals surface area contributed by atoms with Crippen molar-refractivity contribution >= 4 is 45.2 Å². The molecule has 0 radical (unpaired) electrons. The van der Waals surface area contributed by atoms with Crippen LogP contribution >= 0.6 is 11.3 Å². The maximum Gasteiger partial charge on any atom is 0.516 e. The van der Waals surface area contributed by atoms with Crippen LogP contribution in [-0.2, 0) is 4.74 Å². The fourth-order valence-corrected chi connectivity index (χ4v) is 5.22. The first-order valence-corrected chi connectivity index (χ1v) is 13.0. The van der Waals surface area contributed by atoms with Crippen LogP contribution in [0.4, 0.5) is 25.5 Å². The molecule has 1 aliphatic heterocycles. The van der Waals surface area contributed by atoms with Crippen LogP contribution in [0.25, 0.3) is 20.7 Å². The van der Waals surface area contributed by atoms with Gasteiger partial charge in [-0.15, -0.1) is 11.3 Å². The van der Waals surface area contributed by atoms with Crippen molar-refractivity contribution in [1.29, 1.82) is 0 Å². The molecule has 0 bridgehead atoms. The Hall–Kier alpha value is -4.25. The summed E-state index contributed by atoms with van der Waals surface area (Å²) in [5.41, 5.74) is 2.66. The molecule has 0 spiro atoms. The molecule has 2 amide bonds. The Balaban J connectivity index is 1.39. The van der Waals surface area contributed by atoms with E-state index in [0.29, 0.717) is 36.8 Å². The zero-order valence-corrected chi connectivity index (χ0v) is 21.8. The maximum absolute atomic E-state index is 13.5. The van der Waals surface area contributed by atoms with Gasteiger partial charge in [0.2, 0.25) is 0 Å². The Morgan fingerprint density at radius 1 is 1.05 bits per heavy atom. The number of carbonyl (C=O) groups is 2. The molecule has 38 heavy (non-hydrogen) atoms. The van der Waals surface area contributed by atoms with Gasteiger partial charge in [-0.3, -0.25) is 0 Å². The summed E-state index contributed by atoms with van der Waals surface area (Å²) in [6.07, 6.45) is -0.884. The normalized spacial score (nSPS) is 13.4. The van der Waals surface area contributed by atoms with E-state index >= 15 is 0 Å². The number of halogens is 1. The predicted molar refractivity (Wildman–Crippen MR) is 144 cm³/mol. The van der Waals surface area contributed by atoms with Gasteiger partial charge < -0.3 is 24.6 Å². The Morgan fingerprint density at radius 2 is 1.82 bits per heavy atom. The molecule has 1 saturated heterocycles. The molecule has 1 fully saturated rings. The molecule has 3 heterocycles. The second kappa shape index (κ2) is 11.0.